The number of nitrogens with zero attached hydrogens (tertiary/aromatic N) is 4. The van der Waals surface area contributed by atoms with Crippen LogP contribution in [0.1, 0.15) is 6.23 Å². The smallest absolute Gasteiger partial charge is 0.178 e. The number of aliphatic hydroxyl groups excluding tert-OH is 2. The highest BCUT2D eigenvalue weighted by atomic mass is 16.6. The number of fused-ring (bicyclic) bond motifs is 1. The number of nitrogen functional groups attached to an aromatic ring is 1. The molecule has 0 aromatic carbocycles. The lowest BCUT2D eigenvalue weighted by molar-refractivity contribution is -0.140. The van der Waals surface area contributed by atoms with Crippen molar-refractivity contribution in [2.24, 2.45) is 0 Å². The van der Waals surface area contributed by atoms with Crippen LogP contribution in [-0.2, 0) is 9.53 Å². The van der Waals surface area contributed by atoms with Crippen LogP contribution in [0.15, 0.2) is 12.7 Å². The second-order valence-corrected chi connectivity index (χ2v) is 4.73. The number of hydrogen-bond acceptors (Lipinski definition) is 9. The van der Waals surface area contributed by atoms with Gasteiger partial charge in [-0.3, -0.25) is 9.36 Å². The summed E-state index contributed by atoms with van der Waals surface area (Å²) < 4.78 is 6.68. The Hall–Kier alpha value is -2.14. The molecule has 1 fully saturated rings. The van der Waals surface area contributed by atoms with Crippen molar-refractivity contribution < 1.29 is 24.9 Å². The van der Waals surface area contributed by atoms with Gasteiger partial charge in [-0.1, -0.05) is 0 Å². The molecular formula is C11H13N5O5. The van der Waals surface area contributed by atoms with Crippen molar-refractivity contribution in [2.45, 2.75) is 24.0 Å². The normalized spacial score (nSPS) is 32.6. The van der Waals surface area contributed by atoms with E-state index in [2.05, 4.69) is 15.0 Å². The summed E-state index contributed by atoms with van der Waals surface area (Å²) in [5.41, 5.74) is 4.02. The molecule has 3 heterocycles. The highest BCUT2D eigenvalue weighted by molar-refractivity contribution is 5.81. The number of ether oxygens (including phenoxy) is 1. The van der Waals surface area contributed by atoms with E-state index in [1.54, 1.807) is 0 Å². The highest BCUT2D eigenvalue weighted by Crippen LogP contribution is 2.37. The van der Waals surface area contributed by atoms with E-state index < -0.39 is 30.6 Å². The molecule has 1 aliphatic heterocycles. The van der Waals surface area contributed by atoms with Crippen LogP contribution in [0.25, 0.3) is 11.2 Å². The zero-order valence-electron chi connectivity index (χ0n) is 10.7. The van der Waals surface area contributed by atoms with Crippen LogP contribution in [0, 0.1) is 0 Å². The first kappa shape index (κ1) is 13.8. The van der Waals surface area contributed by atoms with Gasteiger partial charge in [-0.15, -0.1) is 0 Å². The third-order valence-corrected chi connectivity index (χ3v) is 3.58. The molecule has 10 heteroatoms. The standard InChI is InChI=1S/C11H13N5O5/c12-8-6-9(14-3-13-8)16(4-15-6)10-7(19)11(20,2-18)5(1-17)21-10/h2-5,7,10,17,19-20H,1H2,(H2,12,13,14)/t5-,7+,10-,11-/m1/s1. The highest BCUT2D eigenvalue weighted by Gasteiger charge is 2.56. The maximum atomic E-state index is 11.1. The average molecular weight is 295 g/mol. The Morgan fingerprint density at radius 1 is 1.48 bits per heavy atom. The van der Waals surface area contributed by atoms with Gasteiger partial charge in [-0.2, -0.15) is 0 Å². The van der Waals surface area contributed by atoms with Gasteiger partial charge in [0.25, 0.3) is 0 Å². The fraction of sp³-hybridized carbons (Fsp3) is 0.455. The topological polar surface area (TPSA) is 157 Å². The minimum Gasteiger partial charge on any atom is -0.394 e. The summed E-state index contributed by atoms with van der Waals surface area (Å²) in [6.45, 7) is -0.632. The van der Waals surface area contributed by atoms with Crippen molar-refractivity contribution in [1.82, 2.24) is 19.5 Å². The Morgan fingerprint density at radius 2 is 2.24 bits per heavy atom. The first-order valence-corrected chi connectivity index (χ1v) is 6.09. The minimum atomic E-state index is -2.21. The first-order valence-electron chi connectivity index (χ1n) is 6.09. The van der Waals surface area contributed by atoms with Crippen LogP contribution in [0.5, 0.6) is 0 Å². The van der Waals surface area contributed by atoms with Gasteiger partial charge in [0.05, 0.1) is 12.9 Å². The minimum absolute atomic E-state index is 0.149. The molecule has 0 unspecified atom stereocenters. The van der Waals surface area contributed by atoms with E-state index >= 15 is 0 Å². The number of anilines is 1. The van der Waals surface area contributed by atoms with Crippen molar-refractivity contribution in [1.29, 1.82) is 0 Å². The maximum absolute atomic E-state index is 11.1. The maximum Gasteiger partial charge on any atom is 0.178 e. The van der Waals surface area contributed by atoms with Crippen LogP contribution in [0.3, 0.4) is 0 Å². The third-order valence-electron chi connectivity index (χ3n) is 3.58. The molecule has 0 spiro atoms. The van der Waals surface area contributed by atoms with Crippen LogP contribution < -0.4 is 5.73 Å². The summed E-state index contributed by atoms with van der Waals surface area (Å²) in [4.78, 5) is 22.9. The number of aldehydes is 1. The van der Waals surface area contributed by atoms with E-state index in [-0.39, 0.29) is 17.8 Å². The fourth-order valence-electron chi connectivity index (χ4n) is 2.38. The predicted molar refractivity (Wildman–Crippen MR) is 67.8 cm³/mol. The summed E-state index contributed by atoms with van der Waals surface area (Å²) in [6.07, 6.45) is -1.33. The van der Waals surface area contributed by atoms with Crippen molar-refractivity contribution in [3.8, 4) is 0 Å². The average Bonchev–Trinajstić information content (AvgIpc) is 3.01. The lowest BCUT2D eigenvalue weighted by Gasteiger charge is -2.23. The fourth-order valence-corrected chi connectivity index (χ4v) is 2.38. The van der Waals surface area contributed by atoms with E-state index in [0.29, 0.717) is 5.52 Å². The number of aliphatic hydroxyl groups is 3. The number of nitrogens with two attached hydrogens (primary N) is 1. The van der Waals surface area contributed by atoms with Gasteiger partial charge in [0.1, 0.15) is 24.1 Å². The zero-order chi connectivity index (χ0) is 15.2. The summed E-state index contributed by atoms with van der Waals surface area (Å²) in [7, 11) is 0. The van der Waals surface area contributed by atoms with Gasteiger partial charge in [-0.05, 0) is 0 Å². The Bertz CT molecular complexity index is 691. The Kier molecular flexibility index (Phi) is 3.10. The molecule has 21 heavy (non-hydrogen) atoms. The molecule has 0 amide bonds. The molecule has 2 aromatic heterocycles. The lowest BCUT2D eigenvalue weighted by Crippen LogP contribution is -2.50. The van der Waals surface area contributed by atoms with Crippen molar-refractivity contribution in [3.63, 3.8) is 0 Å². The lowest BCUT2D eigenvalue weighted by atomic mass is 9.94. The predicted octanol–water partition coefficient (Wildman–Crippen LogP) is -2.41. The molecule has 1 saturated heterocycles. The Balaban J connectivity index is 2.08. The monoisotopic (exact) mass is 295 g/mol. The van der Waals surface area contributed by atoms with Gasteiger partial charge in [0.15, 0.2) is 29.6 Å². The molecule has 112 valence electrons. The van der Waals surface area contributed by atoms with Gasteiger partial charge in [-0.25, -0.2) is 15.0 Å². The van der Waals surface area contributed by atoms with E-state index in [9.17, 15) is 20.1 Å². The SMILES string of the molecule is Nc1ncnc2c1ncn2[C@@H]1O[C@H](CO)[C@](O)(C=O)[C@H]1O. The molecule has 10 nitrogen and oxygen atoms in total. The third kappa shape index (κ3) is 1.81. The van der Waals surface area contributed by atoms with Gasteiger partial charge < -0.3 is 25.8 Å². The summed E-state index contributed by atoms with van der Waals surface area (Å²) >= 11 is 0. The molecule has 5 N–H and O–H groups in total. The second kappa shape index (κ2) is 4.70. The number of aromatic nitrogens is 4. The molecule has 0 saturated carbocycles. The van der Waals surface area contributed by atoms with Crippen molar-refractivity contribution in [2.75, 3.05) is 12.3 Å². The Labute approximate surface area is 117 Å². The number of imidazole rings is 1. The van der Waals surface area contributed by atoms with E-state index in [1.165, 1.54) is 17.2 Å². The molecule has 0 bridgehead atoms. The summed E-state index contributed by atoms with van der Waals surface area (Å²) in [5.74, 6) is 0.149. The molecule has 4 atom stereocenters. The molecule has 0 aliphatic carbocycles. The molecule has 1 aliphatic rings. The van der Waals surface area contributed by atoms with Gasteiger partial charge in [0.2, 0.25) is 0 Å². The van der Waals surface area contributed by atoms with Crippen LogP contribution >= 0.6 is 0 Å². The first-order chi connectivity index (χ1) is 10.0. The van der Waals surface area contributed by atoms with Crippen molar-refractivity contribution in [3.05, 3.63) is 12.7 Å². The summed E-state index contributed by atoms with van der Waals surface area (Å²) in [6, 6.07) is 0. The largest absolute Gasteiger partial charge is 0.394 e. The molecular weight excluding hydrogens is 282 g/mol. The summed E-state index contributed by atoms with van der Waals surface area (Å²) in [5, 5.41) is 29.5. The van der Waals surface area contributed by atoms with Gasteiger partial charge >= 0.3 is 0 Å². The number of carbonyl (C=O) groups is 1. The van der Waals surface area contributed by atoms with Crippen LogP contribution in [0.2, 0.25) is 0 Å². The van der Waals surface area contributed by atoms with Crippen molar-refractivity contribution >= 4 is 23.3 Å². The Morgan fingerprint density at radius 3 is 2.86 bits per heavy atom. The number of hydrogen-bond donors (Lipinski definition) is 4. The number of rotatable bonds is 3. The van der Waals surface area contributed by atoms with Crippen LogP contribution in [0.4, 0.5) is 5.82 Å². The molecule has 2 aromatic rings. The van der Waals surface area contributed by atoms with E-state index in [4.69, 9.17) is 10.5 Å². The van der Waals surface area contributed by atoms with E-state index in [1.807, 2.05) is 0 Å². The van der Waals surface area contributed by atoms with Crippen LogP contribution in [-0.4, -0.2) is 65.5 Å². The zero-order valence-corrected chi connectivity index (χ0v) is 10.7. The van der Waals surface area contributed by atoms with E-state index in [0.717, 1.165) is 0 Å². The number of carbonyl (C=O) groups excluding carboxylic acids is 1. The van der Waals surface area contributed by atoms with Gasteiger partial charge in [0, 0.05) is 0 Å². The molecule has 3 rings (SSSR count). The molecule has 0 radical (unpaired) electrons. The second-order valence-electron chi connectivity index (χ2n) is 4.73. The quantitative estimate of drug-likeness (QED) is 0.453.